The maximum atomic E-state index is 6.18. The van der Waals surface area contributed by atoms with E-state index >= 15 is 0 Å². The van der Waals surface area contributed by atoms with Gasteiger partial charge in [0.15, 0.2) is 0 Å². The van der Waals surface area contributed by atoms with Crippen LogP contribution in [0.4, 0.5) is 5.69 Å². The quantitative estimate of drug-likeness (QED) is 0.429. The highest BCUT2D eigenvalue weighted by atomic mass is 16.3. The van der Waals surface area contributed by atoms with E-state index in [-0.39, 0.29) is 5.41 Å². The molecule has 1 heterocycles. The zero-order chi connectivity index (χ0) is 16.9. The van der Waals surface area contributed by atoms with Gasteiger partial charge in [0.1, 0.15) is 11.2 Å². The molecule has 0 bridgehead atoms. The van der Waals surface area contributed by atoms with Crippen molar-refractivity contribution in [3.63, 3.8) is 0 Å². The van der Waals surface area contributed by atoms with Crippen molar-refractivity contribution in [3.05, 3.63) is 66.2 Å². The predicted octanol–water partition coefficient (Wildman–Crippen LogP) is 6.13. The van der Waals surface area contributed by atoms with Crippen LogP contribution in [0.5, 0.6) is 0 Å². The summed E-state index contributed by atoms with van der Waals surface area (Å²) < 4.78 is 6.01. The van der Waals surface area contributed by atoms with E-state index < -0.39 is 0 Å². The average molecular weight is 315 g/mol. The van der Waals surface area contributed by atoms with Crippen molar-refractivity contribution in [1.82, 2.24) is 0 Å². The molecule has 0 atom stereocenters. The number of rotatable bonds is 1. The maximum Gasteiger partial charge on any atom is 0.136 e. The molecule has 4 rings (SSSR count). The van der Waals surface area contributed by atoms with Crippen LogP contribution < -0.4 is 5.73 Å². The summed E-state index contributed by atoms with van der Waals surface area (Å²) in [5.41, 5.74) is 12.4. The molecule has 0 aliphatic carbocycles. The lowest BCUT2D eigenvalue weighted by molar-refractivity contribution is 0.593. The fourth-order valence-corrected chi connectivity index (χ4v) is 3.29. The van der Waals surface area contributed by atoms with Crippen LogP contribution in [-0.2, 0) is 5.41 Å². The van der Waals surface area contributed by atoms with E-state index in [0.717, 1.165) is 38.8 Å². The van der Waals surface area contributed by atoms with Gasteiger partial charge in [-0.1, -0.05) is 51.1 Å². The summed E-state index contributed by atoms with van der Waals surface area (Å²) in [6, 6.07) is 20.8. The van der Waals surface area contributed by atoms with Gasteiger partial charge in [-0.3, -0.25) is 0 Å². The number of hydrogen-bond acceptors (Lipinski definition) is 2. The topological polar surface area (TPSA) is 39.2 Å². The van der Waals surface area contributed by atoms with Gasteiger partial charge in [-0.2, -0.15) is 0 Å². The number of nitrogen functional groups attached to an aromatic ring is 1. The first-order valence-electron chi connectivity index (χ1n) is 8.25. The predicted molar refractivity (Wildman–Crippen MR) is 102 cm³/mol. The second-order valence-electron chi connectivity index (χ2n) is 7.36. The van der Waals surface area contributed by atoms with E-state index in [1.54, 1.807) is 0 Å². The minimum atomic E-state index is 0.0174. The Morgan fingerprint density at radius 1 is 0.750 bits per heavy atom. The standard InChI is InChI=1S/C22H21NO/c1-22(2,3)18-12-14(9-11-19(18)23)15-8-10-17-16-6-4-5-7-20(16)24-21(17)13-15/h4-13H,23H2,1-3H3. The van der Waals surface area contributed by atoms with Gasteiger partial charge in [0.2, 0.25) is 0 Å². The molecule has 0 fully saturated rings. The minimum absolute atomic E-state index is 0.0174. The van der Waals surface area contributed by atoms with Crippen LogP contribution in [-0.4, -0.2) is 0 Å². The first-order chi connectivity index (χ1) is 11.4. The zero-order valence-electron chi connectivity index (χ0n) is 14.3. The van der Waals surface area contributed by atoms with E-state index in [2.05, 4.69) is 57.2 Å². The smallest absolute Gasteiger partial charge is 0.136 e. The van der Waals surface area contributed by atoms with Gasteiger partial charge in [-0.15, -0.1) is 0 Å². The first-order valence-corrected chi connectivity index (χ1v) is 8.25. The van der Waals surface area contributed by atoms with Crippen molar-refractivity contribution in [1.29, 1.82) is 0 Å². The fraction of sp³-hybridized carbons (Fsp3) is 0.182. The molecule has 0 unspecified atom stereocenters. The van der Waals surface area contributed by atoms with Gasteiger partial charge >= 0.3 is 0 Å². The number of fused-ring (bicyclic) bond motifs is 3. The number of para-hydroxylation sites is 1. The zero-order valence-corrected chi connectivity index (χ0v) is 14.3. The van der Waals surface area contributed by atoms with Crippen LogP contribution in [0.3, 0.4) is 0 Å². The highest BCUT2D eigenvalue weighted by Crippen LogP contribution is 2.35. The summed E-state index contributed by atoms with van der Waals surface area (Å²) in [6.07, 6.45) is 0. The van der Waals surface area contributed by atoms with E-state index in [0.29, 0.717) is 0 Å². The number of furan rings is 1. The Labute approximate surface area is 141 Å². The third kappa shape index (κ3) is 2.35. The summed E-state index contributed by atoms with van der Waals surface area (Å²) in [7, 11) is 0. The van der Waals surface area contributed by atoms with E-state index in [4.69, 9.17) is 10.2 Å². The lowest BCUT2D eigenvalue weighted by Gasteiger charge is -2.22. The molecule has 2 heteroatoms. The molecule has 0 saturated carbocycles. The third-order valence-corrected chi connectivity index (χ3v) is 4.57. The summed E-state index contributed by atoms with van der Waals surface area (Å²) in [5, 5.41) is 2.31. The monoisotopic (exact) mass is 315 g/mol. The molecule has 0 aliphatic rings. The van der Waals surface area contributed by atoms with E-state index in [9.17, 15) is 0 Å². The van der Waals surface area contributed by atoms with Crippen molar-refractivity contribution in [3.8, 4) is 11.1 Å². The Bertz CT molecular complexity index is 1050. The molecule has 24 heavy (non-hydrogen) atoms. The van der Waals surface area contributed by atoms with Gasteiger partial charge in [-0.05, 0) is 52.4 Å². The van der Waals surface area contributed by atoms with Crippen molar-refractivity contribution < 1.29 is 4.42 Å². The lowest BCUT2D eigenvalue weighted by atomic mass is 9.84. The van der Waals surface area contributed by atoms with Gasteiger partial charge in [0.05, 0.1) is 0 Å². The average Bonchev–Trinajstić information content (AvgIpc) is 2.92. The molecule has 2 nitrogen and oxygen atoms in total. The Morgan fingerprint density at radius 3 is 2.21 bits per heavy atom. The fourth-order valence-electron chi connectivity index (χ4n) is 3.29. The lowest BCUT2D eigenvalue weighted by Crippen LogP contribution is -2.13. The Hall–Kier alpha value is -2.74. The van der Waals surface area contributed by atoms with Crippen molar-refractivity contribution in [2.24, 2.45) is 0 Å². The van der Waals surface area contributed by atoms with Crippen molar-refractivity contribution in [2.75, 3.05) is 5.73 Å². The van der Waals surface area contributed by atoms with Gasteiger partial charge in [0, 0.05) is 16.5 Å². The molecule has 4 aromatic rings. The molecular weight excluding hydrogens is 294 g/mol. The Balaban J connectivity index is 1.89. The highest BCUT2D eigenvalue weighted by molar-refractivity contribution is 6.05. The number of anilines is 1. The summed E-state index contributed by atoms with van der Waals surface area (Å²) in [5.74, 6) is 0. The van der Waals surface area contributed by atoms with Gasteiger partial charge in [-0.25, -0.2) is 0 Å². The summed E-state index contributed by atoms with van der Waals surface area (Å²) in [4.78, 5) is 0. The van der Waals surface area contributed by atoms with Crippen LogP contribution in [0.15, 0.2) is 65.1 Å². The Morgan fingerprint density at radius 2 is 1.42 bits per heavy atom. The molecule has 3 aromatic carbocycles. The molecule has 2 N–H and O–H groups in total. The van der Waals surface area contributed by atoms with Crippen LogP contribution in [0.25, 0.3) is 33.1 Å². The number of benzene rings is 3. The molecule has 0 amide bonds. The molecule has 0 spiro atoms. The second kappa shape index (κ2) is 5.13. The molecular formula is C22H21NO. The highest BCUT2D eigenvalue weighted by Gasteiger charge is 2.18. The van der Waals surface area contributed by atoms with Gasteiger partial charge < -0.3 is 10.2 Å². The normalized spacial score (nSPS) is 12.1. The maximum absolute atomic E-state index is 6.18. The Kier molecular flexibility index (Phi) is 3.17. The molecule has 0 radical (unpaired) electrons. The molecule has 1 aromatic heterocycles. The molecule has 0 saturated heterocycles. The van der Waals surface area contributed by atoms with Crippen molar-refractivity contribution >= 4 is 27.6 Å². The van der Waals surface area contributed by atoms with Crippen LogP contribution in [0, 0.1) is 0 Å². The summed E-state index contributed by atoms with van der Waals surface area (Å²) >= 11 is 0. The molecule has 120 valence electrons. The van der Waals surface area contributed by atoms with E-state index in [1.807, 2.05) is 24.3 Å². The second-order valence-corrected chi connectivity index (χ2v) is 7.36. The summed E-state index contributed by atoms with van der Waals surface area (Å²) in [6.45, 7) is 6.56. The van der Waals surface area contributed by atoms with Gasteiger partial charge in [0.25, 0.3) is 0 Å². The molecule has 0 aliphatic heterocycles. The first kappa shape index (κ1) is 14.8. The van der Waals surface area contributed by atoms with Crippen molar-refractivity contribution in [2.45, 2.75) is 26.2 Å². The van der Waals surface area contributed by atoms with E-state index in [1.165, 1.54) is 5.56 Å². The SMILES string of the molecule is CC(C)(C)c1cc(-c2ccc3c(c2)oc2ccccc23)ccc1N. The number of nitrogens with two attached hydrogens (primary N) is 1. The van der Waals surface area contributed by atoms with Crippen LogP contribution in [0.1, 0.15) is 26.3 Å². The van der Waals surface area contributed by atoms with Crippen LogP contribution in [0.2, 0.25) is 0 Å². The largest absolute Gasteiger partial charge is 0.456 e. The van der Waals surface area contributed by atoms with Crippen LogP contribution >= 0.6 is 0 Å². The number of hydrogen-bond donors (Lipinski definition) is 1. The minimum Gasteiger partial charge on any atom is -0.456 e. The third-order valence-electron chi connectivity index (χ3n) is 4.57.